The van der Waals surface area contributed by atoms with E-state index in [1.807, 2.05) is 0 Å². The maximum Gasteiger partial charge on any atom is 0.176 e. The zero-order valence-electron chi connectivity index (χ0n) is 10.6. The van der Waals surface area contributed by atoms with Crippen LogP contribution in [0.4, 0.5) is 0 Å². The average Bonchev–Trinajstić information content (AvgIpc) is 2.46. The summed E-state index contributed by atoms with van der Waals surface area (Å²) in [6, 6.07) is 6.68. The minimum atomic E-state index is -0.164. The van der Waals surface area contributed by atoms with Crippen LogP contribution in [-0.2, 0) is 0 Å². The smallest absolute Gasteiger partial charge is 0.176 e. The number of nitrogens with two attached hydrogens (primary N) is 1. The summed E-state index contributed by atoms with van der Waals surface area (Å²) in [5, 5.41) is 0.955. The van der Waals surface area contributed by atoms with Crippen molar-refractivity contribution in [3.05, 3.63) is 35.4 Å². The molecule has 3 nitrogen and oxygen atoms in total. The number of ketones is 2. The summed E-state index contributed by atoms with van der Waals surface area (Å²) in [5.41, 5.74) is 6.46. The number of unbranched alkanes of at least 4 members (excludes halogenated alkanes) is 1. The monoisotopic (exact) mass is 389 g/mol. The minimum Gasteiger partial charge on any atom is -0.324 e. The first-order valence-corrected chi connectivity index (χ1v) is 8.21. The zero-order valence-corrected chi connectivity index (χ0v) is 13.7. The van der Waals surface area contributed by atoms with Gasteiger partial charge < -0.3 is 5.73 Å². The molecule has 1 rings (SSSR count). The number of Topliss-reactive ketones (excluding diaryl/α,β-unsaturated/α-hetero) is 2. The van der Waals surface area contributed by atoms with Crippen LogP contribution >= 0.6 is 31.9 Å². The van der Waals surface area contributed by atoms with Crippen molar-refractivity contribution in [1.82, 2.24) is 0 Å². The van der Waals surface area contributed by atoms with Crippen LogP contribution in [0.3, 0.4) is 0 Å². The molecule has 0 spiro atoms. The quantitative estimate of drug-likeness (QED) is 0.420. The van der Waals surface area contributed by atoms with Crippen molar-refractivity contribution in [2.24, 2.45) is 5.73 Å². The van der Waals surface area contributed by atoms with Crippen molar-refractivity contribution in [1.29, 1.82) is 0 Å². The van der Waals surface area contributed by atoms with Gasteiger partial charge in [0.05, 0.1) is 11.4 Å². The third-order valence-corrected chi connectivity index (χ3v) is 4.24. The van der Waals surface area contributed by atoms with Gasteiger partial charge in [0.25, 0.3) is 0 Å². The fraction of sp³-hybridized carbons (Fsp3) is 0.429. The van der Waals surface area contributed by atoms with E-state index in [-0.39, 0.29) is 22.9 Å². The van der Waals surface area contributed by atoms with Crippen LogP contribution < -0.4 is 5.73 Å². The molecule has 1 atom stereocenters. The Morgan fingerprint density at radius 2 is 1.68 bits per heavy atom. The fourth-order valence-electron chi connectivity index (χ4n) is 1.67. The topological polar surface area (TPSA) is 60.2 Å². The molecular weight excluding hydrogens is 374 g/mol. The van der Waals surface area contributed by atoms with Gasteiger partial charge in [0, 0.05) is 16.5 Å². The molecule has 0 radical (unpaired) electrons. The standard InChI is InChI=1S/C14H17Br2NO2/c15-8-2-1-3-12(16)14(19)11-6-4-10(5-7-11)13(18)9-17/h4-7,12H,1-3,8-9,17H2. The third kappa shape index (κ3) is 5.16. The first-order chi connectivity index (χ1) is 9.10. The van der Waals surface area contributed by atoms with Crippen LogP contribution in [0.15, 0.2) is 24.3 Å². The summed E-state index contributed by atoms with van der Waals surface area (Å²) < 4.78 is 0. The van der Waals surface area contributed by atoms with E-state index in [4.69, 9.17) is 5.73 Å². The lowest BCUT2D eigenvalue weighted by Crippen LogP contribution is -2.16. The van der Waals surface area contributed by atoms with E-state index in [1.54, 1.807) is 24.3 Å². The molecule has 0 aliphatic heterocycles. The normalized spacial score (nSPS) is 12.2. The summed E-state index contributed by atoms with van der Waals surface area (Å²) in [5.74, 6) is -0.0620. The molecule has 0 fully saturated rings. The second kappa shape index (κ2) is 8.61. The van der Waals surface area contributed by atoms with Gasteiger partial charge in [-0.3, -0.25) is 9.59 Å². The molecule has 0 amide bonds. The minimum absolute atomic E-state index is 0.0130. The second-order valence-electron chi connectivity index (χ2n) is 4.22. The third-order valence-electron chi connectivity index (χ3n) is 2.80. The van der Waals surface area contributed by atoms with Gasteiger partial charge >= 0.3 is 0 Å². The van der Waals surface area contributed by atoms with Crippen LogP contribution in [0.1, 0.15) is 40.0 Å². The van der Waals surface area contributed by atoms with E-state index in [9.17, 15) is 9.59 Å². The maximum atomic E-state index is 12.1. The number of hydrogen-bond acceptors (Lipinski definition) is 3. The Hall–Kier alpha value is -0.520. The zero-order chi connectivity index (χ0) is 14.3. The highest BCUT2D eigenvalue weighted by Gasteiger charge is 2.16. The van der Waals surface area contributed by atoms with E-state index in [0.29, 0.717) is 11.1 Å². The van der Waals surface area contributed by atoms with Crippen molar-refractivity contribution in [2.75, 3.05) is 11.9 Å². The Labute approximate surface area is 130 Å². The molecule has 0 aromatic heterocycles. The highest BCUT2D eigenvalue weighted by Crippen LogP contribution is 2.17. The first kappa shape index (κ1) is 16.5. The van der Waals surface area contributed by atoms with Crippen molar-refractivity contribution in [2.45, 2.75) is 24.1 Å². The summed E-state index contributed by atoms with van der Waals surface area (Å²) >= 11 is 6.79. The van der Waals surface area contributed by atoms with Crippen LogP contribution in [0.25, 0.3) is 0 Å². The number of carbonyl (C=O) groups is 2. The molecule has 0 heterocycles. The summed E-state index contributed by atoms with van der Waals surface area (Å²) in [6.45, 7) is -0.0130. The molecule has 2 N–H and O–H groups in total. The molecule has 0 aliphatic carbocycles. The molecule has 0 bridgehead atoms. The molecule has 0 saturated heterocycles. The van der Waals surface area contributed by atoms with Crippen molar-refractivity contribution < 1.29 is 9.59 Å². The van der Waals surface area contributed by atoms with Gasteiger partial charge in [-0.25, -0.2) is 0 Å². The van der Waals surface area contributed by atoms with E-state index >= 15 is 0 Å². The predicted octanol–water partition coefficient (Wildman–Crippen LogP) is 3.34. The summed E-state index contributed by atoms with van der Waals surface area (Å²) in [4.78, 5) is 23.3. The van der Waals surface area contributed by atoms with Crippen LogP contribution in [0.2, 0.25) is 0 Å². The fourth-order valence-corrected chi connectivity index (χ4v) is 2.65. The molecule has 1 aromatic carbocycles. The van der Waals surface area contributed by atoms with Gasteiger partial charge in [0.1, 0.15) is 0 Å². The molecule has 0 aliphatic rings. The molecule has 19 heavy (non-hydrogen) atoms. The summed E-state index contributed by atoms with van der Waals surface area (Å²) in [7, 11) is 0. The number of halogens is 2. The van der Waals surface area contributed by atoms with Gasteiger partial charge in [-0.05, 0) is 12.8 Å². The Kier molecular flexibility index (Phi) is 7.49. The van der Waals surface area contributed by atoms with E-state index in [2.05, 4.69) is 31.9 Å². The lowest BCUT2D eigenvalue weighted by Gasteiger charge is -2.08. The van der Waals surface area contributed by atoms with Crippen molar-refractivity contribution in [3.63, 3.8) is 0 Å². The van der Waals surface area contributed by atoms with Gasteiger partial charge in [-0.1, -0.05) is 62.5 Å². The van der Waals surface area contributed by atoms with Gasteiger partial charge in [-0.15, -0.1) is 0 Å². The highest BCUT2D eigenvalue weighted by atomic mass is 79.9. The highest BCUT2D eigenvalue weighted by molar-refractivity contribution is 9.10. The van der Waals surface area contributed by atoms with E-state index in [0.717, 1.165) is 24.6 Å². The lowest BCUT2D eigenvalue weighted by molar-refractivity contribution is 0.0981. The van der Waals surface area contributed by atoms with Crippen LogP contribution in [0, 0.1) is 0 Å². The van der Waals surface area contributed by atoms with Gasteiger partial charge in [0.15, 0.2) is 11.6 Å². The van der Waals surface area contributed by atoms with Gasteiger partial charge in [0.2, 0.25) is 0 Å². The van der Waals surface area contributed by atoms with Crippen LogP contribution in [0.5, 0.6) is 0 Å². The number of hydrogen-bond donors (Lipinski definition) is 1. The predicted molar refractivity (Wildman–Crippen MR) is 84.5 cm³/mol. The molecule has 1 aromatic rings. The van der Waals surface area contributed by atoms with Crippen molar-refractivity contribution in [3.8, 4) is 0 Å². The number of carbonyl (C=O) groups excluding carboxylic acids is 2. The van der Waals surface area contributed by atoms with E-state index in [1.165, 1.54) is 0 Å². The first-order valence-electron chi connectivity index (χ1n) is 6.17. The Bertz CT molecular complexity index is 432. The van der Waals surface area contributed by atoms with Crippen LogP contribution in [-0.4, -0.2) is 28.3 Å². The van der Waals surface area contributed by atoms with Gasteiger partial charge in [-0.2, -0.15) is 0 Å². The molecule has 5 heteroatoms. The van der Waals surface area contributed by atoms with Crippen molar-refractivity contribution >= 4 is 43.4 Å². The Morgan fingerprint density at radius 3 is 2.21 bits per heavy atom. The number of rotatable bonds is 8. The lowest BCUT2D eigenvalue weighted by atomic mass is 10.0. The molecule has 0 saturated carbocycles. The largest absolute Gasteiger partial charge is 0.324 e. The number of alkyl halides is 2. The number of benzene rings is 1. The summed E-state index contributed by atoms with van der Waals surface area (Å²) in [6.07, 6.45) is 2.86. The Morgan fingerprint density at radius 1 is 1.11 bits per heavy atom. The van der Waals surface area contributed by atoms with E-state index < -0.39 is 0 Å². The molecule has 1 unspecified atom stereocenters. The average molecular weight is 391 g/mol. The maximum absolute atomic E-state index is 12.1. The molecule has 104 valence electrons. The molecular formula is C14H17Br2NO2. The SMILES string of the molecule is NCC(=O)c1ccc(C(=O)C(Br)CCCCBr)cc1. The second-order valence-corrected chi connectivity index (χ2v) is 6.12. The Balaban J connectivity index is 2.64.